The average molecular weight is 233 g/mol. The molecule has 2 N–H and O–H groups in total. The summed E-state index contributed by atoms with van der Waals surface area (Å²) in [6.07, 6.45) is 1.81. The summed E-state index contributed by atoms with van der Waals surface area (Å²) in [5.41, 5.74) is 1.17. The molecule has 1 aromatic heterocycles. The molecule has 0 saturated carbocycles. The van der Waals surface area contributed by atoms with Crippen LogP contribution in [0.5, 0.6) is 0 Å². The van der Waals surface area contributed by atoms with Crippen molar-refractivity contribution in [1.29, 1.82) is 0 Å². The first-order valence-electron chi connectivity index (χ1n) is 5.83. The molecule has 1 aliphatic heterocycles. The van der Waals surface area contributed by atoms with Gasteiger partial charge in [0.25, 0.3) is 0 Å². The third-order valence-electron chi connectivity index (χ3n) is 2.64. The van der Waals surface area contributed by atoms with Gasteiger partial charge >= 0.3 is 0 Å². The van der Waals surface area contributed by atoms with E-state index in [0.717, 1.165) is 24.9 Å². The standard InChI is InChI=1S/C12H19N5/c1-9-7-14-12(16-9)15-8-10-5-4-6-13-11(10)17(2)3/h4-6,9H,7-8H2,1-3H3,(H2,14,15,16). The van der Waals surface area contributed by atoms with E-state index in [9.17, 15) is 0 Å². The van der Waals surface area contributed by atoms with E-state index in [1.807, 2.05) is 31.3 Å². The largest absolute Gasteiger partial charge is 0.362 e. The van der Waals surface area contributed by atoms with Crippen molar-refractivity contribution in [2.45, 2.75) is 19.5 Å². The van der Waals surface area contributed by atoms with Gasteiger partial charge < -0.3 is 15.5 Å². The van der Waals surface area contributed by atoms with Crippen LogP contribution in [0.2, 0.25) is 0 Å². The molecule has 0 spiro atoms. The molecule has 17 heavy (non-hydrogen) atoms. The molecule has 1 atom stereocenters. The highest BCUT2D eigenvalue weighted by molar-refractivity contribution is 5.81. The summed E-state index contributed by atoms with van der Waals surface area (Å²) in [4.78, 5) is 10.7. The molecule has 0 amide bonds. The van der Waals surface area contributed by atoms with Crippen molar-refractivity contribution in [3.63, 3.8) is 0 Å². The van der Waals surface area contributed by atoms with Gasteiger partial charge in [0.2, 0.25) is 0 Å². The molecule has 0 saturated heterocycles. The summed E-state index contributed by atoms with van der Waals surface area (Å²) in [5, 5.41) is 6.57. The third-order valence-corrected chi connectivity index (χ3v) is 2.64. The van der Waals surface area contributed by atoms with Crippen molar-refractivity contribution in [2.24, 2.45) is 4.99 Å². The number of aromatic nitrogens is 1. The Morgan fingerprint density at radius 2 is 2.35 bits per heavy atom. The molecule has 2 heterocycles. The molecule has 5 nitrogen and oxygen atoms in total. The first kappa shape index (κ1) is 11.7. The Bertz CT molecular complexity index is 413. The molecular weight excluding hydrogens is 214 g/mol. The van der Waals surface area contributed by atoms with Crippen LogP contribution in [0.4, 0.5) is 5.82 Å². The van der Waals surface area contributed by atoms with E-state index < -0.39 is 0 Å². The van der Waals surface area contributed by atoms with Gasteiger partial charge in [-0.15, -0.1) is 0 Å². The van der Waals surface area contributed by atoms with Crippen molar-refractivity contribution in [3.8, 4) is 0 Å². The van der Waals surface area contributed by atoms with E-state index >= 15 is 0 Å². The molecule has 2 rings (SSSR count). The van der Waals surface area contributed by atoms with E-state index in [1.54, 1.807) is 0 Å². The molecule has 0 bridgehead atoms. The van der Waals surface area contributed by atoms with Crippen LogP contribution in [0, 0.1) is 0 Å². The van der Waals surface area contributed by atoms with Crippen LogP contribution in [-0.2, 0) is 6.54 Å². The summed E-state index contributed by atoms with van der Waals surface area (Å²) in [7, 11) is 4.00. The third kappa shape index (κ3) is 2.87. The van der Waals surface area contributed by atoms with Crippen molar-refractivity contribution >= 4 is 11.8 Å². The molecule has 0 aliphatic carbocycles. The lowest BCUT2D eigenvalue weighted by Crippen LogP contribution is -2.37. The number of anilines is 1. The Kier molecular flexibility index (Phi) is 3.46. The van der Waals surface area contributed by atoms with E-state index in [1.165, 1.54) is 5.56 Å². The maximum absolute atomic E-state index is 4.37. The molecule has 1 unspecified atom stereocenters. The second-order valence-corrected chi connectivity index (χ2v) is 4.47. The molecule has 0 fully saturated rings. The number of nitrogens with one attached hydrogen (secondary N) is 2. The van der Waals surface area contributed by atoms with E-state index in [2.05, 4.69) is 33.6 Å². The minimum atomic E-state index is 0.430. The summed E-state index contributed by atoms with van der Waals surface area (Å²) >= 11 is 0. The zero-order chi connectivity index (χ0) is 12.3. The number of nitrogens with zero attached hydrogens (tertiary/aromatic N) is 3. The van der Waals surface area contributed by atoms with Crippen molar-refractivity contribution in [3.05, 3.63) is 23.9 Å². The maximum Gasteiger partial charge on any atom is 0.191 e. The second-order valence-electron chi connectivity index (χ2n) is 4.47. The average Bonchev–Trinajstić information content (AvgIpc) is 2.73. The first-order valence-corrected chi connectivity index (χ1v) is 5.83. The number of pyridine rings is 1. The van der Waals surface area contributed by atoms with Crippen LogP contribution in [0.25, 0.3) is 0 Å². The van der Waals surface area contributed by atoms with Gasteiger partial charge in [-0.1, -0.05) is 6.07 Å². The summed E-state index contributed by atoms with van der Waals surface area (Å²) in [5.74, 6) is 1.87. The number of rotatable bonds is 3. The van der Waals surface area contributed by atoms with Crippen molar-refractivity contribution < 1.29 is 0 Å². The SMILES string of the molecule is CC1CN=C(NCc2cccnc2N(C)C)N1. The Morgan fingerprint density at radius 1 is 1.53 bits per heavy atom. The molecule has 5 heteroatoms. The Labute approximate surface area is 102 Å². The van der Waals surface area contributed by atoms with Crippen LogP contribution in [0.1, 0.15) is 12.5 Å². The van der Waals surface area contributed by atoms with Gasteiger partial charge in [-0.2, -0.15) is 0 Å². The minimum Gasteiger partial charge on any atom is -0.362 e. The number of hydrogen-bond acceptors (Lipinski definition) is 5. The van der Waals surface area contributed by atoms with Crippen molar-refractivity contribution in [2.75, 3.05) is 25.5 Å². The van der Waals surface area contributed by atoms with Gasteiger partial charge in [0.1, 0.15) is 5.82 Å². The van der Waals surface area contributed by atoms with E-state index in [4.69, 9.17) is 0 Å². The predicted octanol–water partition coefficient (Wildman–Crippen LogP) is 0.585. The molecule has 92 valence electrons. The summed E-state index contributed by atoms with van der Waals surface area (Å²) < 4.78 is 0. The zero-order valence-electron chi connectivity index (χ0n) is 10.6. The summed E-state index contributed by atoms with van der Waals surface area (Å²) in [6.45, 7) is 3.70. The quantitative estimate of drug-likeness (QED) is 0.802. The number of guanidine groups is 1. The van der Waals surface area contributed by atoms with Crippen LogP contribution in [0.3, 0.4) is 0 Å². The lowest BCUT2D eigenvalue weighted by molar-refractivity contribution is 0.713. The van der Waals surface area contributed by atoms with Crippen LogP contribution >= 0.6 is 0 Å². The zero-order valence-corrected chi connectivity index (χ0v) is 10.6. The lowest BCUT2D eigenvalue weighted by atomic mass is 10.2. The topological polar surface area (TPSA) is 52.6 Å². The Balaban J connectivity index is 1.99. The highest BCUT2D eigenvalue weighted by Crippen LogP contribution is 2.13. The Hall–Kier alpha value is -1.78. The fourth-order valence-electron chi connectivity index (χ4n) is 1.81. The Morgan fingerprint density at radius 3 is 3.00 bits per heavy atom. The maximum atomic E-state index is 4.37. The van der Waals surface area contributed by atoms with E-state index in [0.29, 0.717) is 6.04 Å². The van der Waals surface area contributed by atoms with Gasteiger partial charge in [-0.25, -0.2) is 4.98 Å². The predicted molar refractivity (Wildman–Crippen MR) is 70.3 cm³/mol. The lowest BCUT2D eigenvalue weighted by Gasteiger charge is -2.16. The molecule has 0 radical (unpaired) electrons. The van der Waals surface area contributed by atoms with E-state index in [-0.39, 0.29) is 0 Å². The highest BCUT2D eigenvalue weighted by atomic mass is 15.2. The fourth-order valence-corrected chi connectivity index (χ4v) is 1.81. The minimum absolute atomic E-state index is 0.430. The van der Waals surface area contributed by atoms with Gasteiger partial charge in [0, 0.05) is 38.4 Å². The smallest absolute Gasteiger partial charge is 0.191 e. The molecular formula is C12H19N5. The van der Waals surface area contributed by atoms with Crippen LogP contribution < -0.4 is 15.5 Å². The first-order chi connectivity index (χ1) is 8.16. The summed E-state index contributed by atoms with van der Waals surface area (Å²) in [6, 6.07) is 4.46. The number of aliphatic imine (C=N–C) groups is 1. The van der Waals surface area contributed by atoms with Crippen LogP contribution in [-0.4, -0.2) is 37.6 Å². The van der Waals surface area contributed by atoms with Gasteiger partial charge in [-0.3, -0.25) is 4.99 Å². The molecule has 1 aliphatic rings. The highest BCUT2D eigenvalue weighted by Gasteiger charge is 2.12. The van der Waals surface area contributed by atoms with Gasteiger partial charge in [-0.05, 0) is 13.0 Å². The van der Waals surface area contributed by atoms with Crippen molar-refractivity contribution in [1.82, 2.24) is 15.6 Å². The van der Waals surface area contributed by atoms with Crippen LogP contribution in [0.15, 0.2) is 23.3 Å². The molecule has 1 aromatic rings. The normalized spacial score (nSPS) is 18.5. The van der Waals surface area contributed by atoms with Gasteiger partial charge in [0.15, 0.2) is 5.96 Å². The molecule has 0 aromatic carbocycles. The monoisotopic (exact) mass is 233 g/mol. The van der Waals surface area contributed by atoms with Gasteiger partial charge in [0.05, 0.1) is 6.54 Å². The number of hydrogen-bond donors (Lipinski definition) is 2. The fraction of sp³-hybridized carbons (Fsp3) is 0.500. The second kappa shape index (κ2) is 5.03.